The van der Waals surface area contributed by atoms with E-state index in [-0.39, 0.29) is 18.5 Å². The summed E-state index contributed by atoms with van der Waals surface area (Å²) in [5.41, 5.74) is -4.40. The molecule has 0 aromatic heterocycles. The molecule has 0 spiro atoms. The molecule has 1 heterocycles. The van der Waals surface area contributed by atoms with Crippen molar-refractivity contribution in [3.05, 3.63) is 29.3 Å². The largest absolute Gasteiger partial charge is 0.403 e. The second kappa shape index (κ2) is 10.5. The van der Waals surface area contributed by atoms with Crippen molar-refractivity contribution in [1.29, 1.82) is 0 Å². The fourth-order valence-corrected chi connectivity index (χ4v) is 4.55. The van der Waals surface area contributed by atoms with Crippen LogP contribution in [0.4, 0.5) is 27.6 Å². The van der Waals surface area contributed by atoms with Gasteiger partial charge in [0.1, 0.15) is 5.41 Å². The van der Waals surface area contributed by atoms with Crippen molar-refractivity contribution in [1.82, 2.24) is 16.0 Å². The Hall–Kier alpha value is -3.58. The van der Waals surface area contributed by atoms with Gasteiger partial charge in [-0.15, -0.1) is 0 Å². The molecular formula is C25H27F5N4O5. The maximum Gasteiger partial charge on any atom is 0.403 e. The highest BCUT2D eigenvalue weighted by Gasteiger charge is 2.68. The Bertz CT molecular complexity index is 1200. The molecule has 1 saturated heterocycles. The van der Waals surface area contributed by atoms with Crippen LogP contribution in [0.2, 0.25) is 0 Å². The Kier molecular flexibility index (Phi) is 7.68. The highest BCUT2D eigenvalue weighted by Crippen LogP contribution is 2.58. The fourth-order valence-electron chi connectivity index (χ4n) is 4.55. The van der Waals surface area contributed by atoms with Gasteiger partial charge in [0.15, 0.2) is 0 Å². The molecule has 1 aromatic carbocycles. The number of Topliss-reactive ketones (excluding diaryl/α,β-unsaturated/α-hetero) is 1. The average molecular weight is 559 g/mol. The van der Waals surface area contributed by atoms with E-state index >= 15 is 0 Å². The van der Waals surface area contributed by atoms with Crippen molar-refractivity contribution in [3.8, 4) is 0 Å². The number of amides is 4. The number of anilines is 1. The van der Waals surface area contributed by atoms with Gasteiger partial charge in [-0.05, 0) is 57.6 Å². The number of hydrogen-bond acceptors (Lipinski definition) is 5. The Morgan fingerprint density at radius 2 is 1.79 bits per heavy atom. The summed E-state index contributed by atoms with van der Waals surface area (Å²) in [5, 5.41) is 9.46. The van der Waals surface area contributed by atoms with Gasteiger partial charge >= 0.3 is 6.18 Å². The van der Waals surface area contributed by atoms with Crippen molar-refractivity contribution >= 4 is 35.1 Å². The number of carbonyl (C=O) groups excluding carboxylic acids is 5. The van der Waals surface area contributed by atoms with Crippen LogP contribution in [-0.2, 0) is 19.2 Å². The number of carbonyl (C=O) groups is 5. The van der Waals surface area contributed by atoms with Crippen molar-refractivity contribution < 1.29 is 45.9 Å². The summed E-state index contributed by atoms with van der Waals surface area (Å²) >= 11 is 0. The molecule has 4 amide bonds. The molecule has 3 aliphatic rings. The van der Waals surface area contributed by atoms with Gasteiger partial charge < -0.3 is 21.3 Å². The van der Waals surface area contributed by atoms with Gasteiger partial charge in [0.05, 0.1) is 17.3 Å². The summed E-state index contributed by atoms with van der Waals surface area (Å²) in [5.74, 6) is -5.82. The fraction of sp³-hybridized carbons (Fsp3) is 0.560. The number of hydrogen-bond donors (Lipinski definition) is 4. The first kappa shape index (κ1) is 28.4. The van der Waals surface area contributed by atoms with Gasteiger partial charge in [-0.3, -0.25) is 24.0 Å². The number of ketones is 1. The first-order chi connectivity index (χ1) is 18.2. The maximum absolute atomic E-state index is 13.4. The summed E-state index contributed by atoms with van der Waals surface area (Å²) in [4.78, 5) is 63.5. The molecule has 2 saturated carbocycles. The van der Waals surface area contributed by atoms with E-state index in [2.05, 4.69) is 16.0 Å². The molecule has 212 valence electrons. The van der Waals surface area contributed by atoms with E-state index in [1.54, 1.807) is 6.92 Å². The third-order valence-corrected chi connectivity index (χ3v) is 7.19. The second-order valence-electron chi connectivity index (χ2n) is 10.4. The normalized spacial score (nSPS) is 22.6. The molecule has 3 fully saturated rings. The summed E-state index contributed by atoms with van der Waals surface area (Å²) in [6, 6.07) is 0.464. The van der Waals surface area contributed by atoms with E-state index in [0.29, 0.717) is 25.3 Å². The lowest BCUT2D eigenvalue weighted by atomic mass is 9.93. The Labute approximate surface area is 219 Å². The Morgan fingerprint density at radius 3 is 2.31 bits per heavy atom. The smallest absolute Gasteiger partial charge is 0.353 e. The standard InChI is InChI=1S/C25H27F5N4O5/c1-11-8-13(20(36)31-11)10-17(18(35)22(38)32-14-3-4-14)33-21(37)15-9-12(19(26)27)2-5-16(15)34-23(39)24(6-7-24)25(28,29)30/h2,5,9,11,13-14,17,19H,3-4,6-8,10H2,1H3,(H,31,36)(H,32,38)(H,33,37)(H,34,39)/t11-,13+,17?/m1/s1. The first-order valence-electron chi connectivity index (χ1n) is 12.5. The van der Waals surface area contributed by atoms with E-state index in [4.69, 9.17) is 0 Å². The van der Waals surface area contributed by atoms with Crippen LogP contribution >= 0.6 is 0 Å². The number of rotatable bonds is 10. The van der Waals surface area contributed by atoms with Crippen LogP contribution in [0, 0.1) is 11.3 Å². The van der Waals surface area contributed by atoms with Crippen molar-refractivity contribution in [3.63, 3.8) is 0 Å². The van der Waals surface area contributed by atoms with Crippen LogP contribution in [0.15, 0.2) is 18.2 Å². The molecule has 14 heteroatoms. The minimum absolute atomic E-state index is 0.194. The van der Waals surface area contributed by atoms with Crippen LogP contribution in [0.1, 0.15) is 67.8 Å². The Morgan fingerprint density at radius 1 is 1.13 bits per heavy atom. The molecule has 39 heavy (non-hydrogen) atoms. The van der Waals surface area contributed by atoms with E-state index < -0.39 is 89.0 Å². The average Bonchev–Trinajstić information content (AvgIpc) is 3.77. The van der Waals surface area contributed by atoms with Gasteiger partial charge in [0.25, 0.3) is 18.2 Å². The zero-order chi connectivity index (χ0) is 28.7. The molecule has 2 aliphatic carbocycles. The van der Waals surface area contributed by atoms with E-state index in [1.807, 2.05) is 5.32 Å². The molecular weight excluding hydrogens is 531 g/mol. The predicted octanol–water partition coefficient (Wildman–Crippen LogP) is 2.77. The van der Waals surface area contributed by atoms with Gasteiger partial charge in [0.2, 0.25) is 17.6 Å². The van der Waals surface area contributed by atoms with Gasteiger partial charge in [-0.1, -0.05) is 6.07 Å². The molecule has 1 unspecified atom stereocenters. The summed E-state index contributed by atoms with van der Waals surface area (Å²) in [7, 11) is 0. The lowest BCUT2D eigenvalue weighted by Crippen LogP contribution is -2.49. The maximum atomic E-state index is 13.4. The van der Waals surface area contributed by atoms with E-state index in [9.17, 15) is 45.9 Å². The lowest BCUT2D eigenvalue weighted by Gasteiger charge is -2.22. The molecule has 4 rings (SSSR count). The monoisotopic (exact) mass is 558 g/mol. The first-order valence-corrected chi connectivity index (χ1v) is 12.5. The van der Waals surface area contributed by atoms with E-state index in [0.717, 1.165) is 12.1 Å². The van der Waals surface area contributed by atoms with Gasteiger partial charge in [0, 0.05) is 23.6 Å². The summed E-state index contributed by atoms with van der Waals surface area (Å²) in [6.45, 7) is 1.73. The zero-order valence-electron chi connectivity index (χ0n) is 20.8. The van der Waals surface area contributed by atoms with Crippen LogP contribution in [0.5, 0.6) is 0 Å². The minimum atomic E-state index is -4.85. The number of alkyl halides is 5. The highest BCUT2D eigenvalue weighted by molar-refractivity contribution is 6.38. The molecule has 9 nitrogen and oxygen atoms in total. The number of halogens is 5. The molecule has 1 aromatic rings. The van der Waals surface area contributed by atoms with Gasteiger partial charge in [-0.25, -0.2) is 8.78 Å². The second-order valence-corrected chi connectivity index (χ2v) is 10.4. The summed E-state index contributed by atoms with van der Waals surface area (Å²) < 4.78 is 67.1. The molecule has 1 aliphatic heterocycles. The minimum Gasteiger partial charge on any atom is -0.353 e. The molecule has 0 radical (unpaired) electrons. The third-order valence-electron chi connectivity index (χ3n) is 7.19. The van der Waals surface area contributed by atoms with Crippen molar-refractivity contribution in [2.24, 2.45) is 11.3 Å². The Balaban J connectivity index is 1.60. The van der Waals surface area contributed by atoms with Crippen LogP contribution in [-0.4, -0.2) is 53.7 Å². The lowest BCUT2D eigenvalue weighted by molar-refractivity contribution is -0.189. The van der Waals surface area contributed by atoms with Crippen LogP contribution in [0.3, 0.4) is 0 Å². The van der Waals surface area contributed by atoms with Crippen molar-refractivity contribution in [2.75, 3.05) is 5.32 Å². The van der Waals surface area contributed by atoms with Crippen LogP contribution < -0.4 is 21.3 Å². The quantitative estimate of drug-likeness (QED) is 0.259. The third kappa shape index (κ3) is 6.19. The van der Waals surface area contributed by atoms with Crippen molar-refractivity contribution in [2.45, 2.75) is 76.2 Å². The SMILES string of the molecule is C[C@@H]1C[C@@H](CC(NC(=O)c2cc(C(F)F)ccc2NC(=O)C2(C(F)(F)F)CC2)C(=O)C(=O)NC2CC2)C(=O)N1. The van der Waals surface area contributed by atoms with Crippen LogP contribution in [0.25, 0.3) is 0 Å². The molecule has 3 atom stereocenters. The molecule has 4 N–H and O–H groups in total. The highest BCUT2D eigenvalue weighted by atomic mass is 19.4. The topological polar surface area (TPSA) is 133 Å². The predicted molar refractivity (Wildman–Crippen MR) is 126 cm³/mol. The van der Waals surface area contributed by atoms with Gasteiger partial charge in [-0.2, -0.15) is 13.2 Å². The molecule has 0 bridgehead atoms. The number of nitrogens with one attached hydrogen (secondary N) is 4. The number of benzene rings is 1. The van der Waals surface area contributed by atoms with E-state index in [1.165, 1.54) is 0 Å². The zero-order valence-corrected chi connectivity index (χ0v) is 20.8. The summed E-state index contributed by atoms with van der Waals surface area (Å²) in [6.07, 6.45) is -7.47.